The van der Waals surface area contributed by atoms with Gasteiger partial charge >= 0.3 is 12.0 Å². The minimum atomic E-state index is -1.27. The number of carboxylic acids is 1. The van der Waals surface area contributed by atoms with Crippen LogP contribution >= 0.6 is 22.6 Å². The van der Waals surface area contributed by atoms with E-state index in [2.05, 4.69) is 33.2 Å². The summed E-state index contributed by atoms with van der Waals surface area (Å²) in [6.45, 7) is 0. The molecule has 0 unspecified atom stereocenters. The first kappa shape index (κ1) is 15.1. The normalized spacial score (nSPS) is 9.95. The zero-order valence-corrected chi connectivity index (χ0v) is 12.8. The molecular weight excluding hydrogens is 387 g/mol. The Labute approximate surface area is 133 Å². The fourth-order valence-electron chi connectivity index (χ4n) is 1.67. The smallest absolute Gasteiger partial charge is 0.339 e. The number of benzene rings is 2. The van der Waals surface area contributed by atoms with Crippen molar-refractivity contribution < 1.29 is 19.8 Å². The Morgan fingerprint density at radius 1 is 1.05 bits per heavy atom. The molecule has 0 atom stereocenters. The minimum absolute atomic E-state index is 0.0260. The number of carbonyl (C=O) groups is 2. The average molecular weight is 398 g/mol. The van der Waals surface area contributed by atoms with Crippen LogP contribution in [0.5, 0.6) is 5.75 Å². The van der Waals surface area contributed by atoms with Crippen molar-refractivity contribution in [2.24, 2.45) is 0 Å². The Bertz CT molecular complexity index is 703. The standard InChI is InChI=1S/C14H11IN2O4/c15-8-3-1-4-9(7-8)16-14(21)17-11-6-2-5-10(12(11)18)13(19)20/h1-7,18H,(H,19,20)(H2,16,17,21). The third kappa shape index (κ3) is 3.85. The first-order chi connectivity index (χ1) is 9.97. The summed E-state index contributed by atoms with van der Waals surface area (Å²) in [7, 11) is 0. The van der Waals surface area contributed by atoms with E-state index in [0.717, 1.165) is 3.57 Å². The van der Waals surface area contributed by atoms with Gasteiger partial charge in [-0.1, -0.05) is 12.1 Å². The van der Waals surface area contributed by atoms with E-state index in [9.17, 15) is 14.7 Å². The lowest BCUT2D eigenvalue weighted by Gasteiger charge is -2.10. The number of halogens is 1. The zero-order valence-electron chi connectivity index (χ0n) is 10.6. The van der Waals surface area contributed by atoms with Gasteiger partial charge in [0.2, 0.25) is 0 Å². The van der Waals surface area contributed by atoms with Crippen LogP contribution < -0.4 is 10.6 Å². The number of para-hydroxylation sites is 1. The Balaban J connectivity index is 2.13. The van der Waals surface area contributed by atoms with E-state index in [1.165, 1.54) is 18.2 Å². The van der Waals surface area contributed by atoms with E-state index in [1.807, 2.05) is 6.07 Å². The molecule has 0 aliphatic heterocycles. The molecule has 0 aliphatic rings. The summed E-state index contributed by atoms with van der Waals surface area (Å²) in [5.74, 6) is -1.75. The molecule has 0 saturated heterocycles. The number of aromatic hydroxyl groups is 1. The van der Waals surface area contributed by atoms with Crippen molar-refractivity contribution in [2.45, 2.75) is 0 Å². The van der Waals surface area contributed by atoms with Gasteiger partial charge in [0.25, 0.3) is 0 Å². The number of nitrogens with one attached hydrogen (secondary N) is 2. The van der Waals surface area contributed by atoms with E-state index < -0.39 is 17.7 Å². The van der Waals surface area contributed by atoms with Crippen LogP contribution in [0.15, 0.2) is 42.5 Å². The summed E-state index contributed by atoms with van der Waals surface area (Å²) in [5, 5.41) is 23.7. The van der Waals surface area contributed by atoms with Crippen LogP contribution in [0, 0.1) is 3.57 Å². The fraction of sp³-hybridized carbons (Fsp3) is 0. The van der Waals surface area contributed by atoms with Gasteiger partial charge in [-0.25, -0.2) is 9.59 Å². The number of aromatic carboxylic acids is 1. The molecule has 0 saturated carbocycles. The molecule has 0 aliphatic carbocycles. The average Bonchev–Trinajstić information content (AvgIpc) is 2.40. The fourth-order valence-corrected chi connectivity index (χ4v) is 2.21. The lowest BCUT2D eigenvalue weighted by molar-refractivity contribution is 0.0694. The largest absolute Gasteiger partial charge is 0.505 e. The van der Waals surface area contributed by atoms with Crippen molar-refractivity contribution in [1.82, 2.24) is 0 Å². The highest BCUT2D eigenvalue weighted by Crippen LogP contribution is 2.27. The van der Waals surface area contributed by atoms with Crippen LogP contribution in [0.2, 0.25) is 0 Å². The zero-order chi connectivity index (χ0) is 15.4. The molecule has 0 heterocycles. The van der Waals surface area contributed by atoms with Crippen LogP contribution in [-0.2, 0) is 0 Å². The van der Waals surface area contributed by atoms with Gasteiger partial charge in [-0.15, -0.1) is 0 Å². The monoisotopic (exact) mass is 398 g/mol. The molecule has 4 N–H and O–H groups in total. The molecular formula is C14H11IN2O4. The SMILES string of the molecule is O=C(Nc1cccc(I)c1)Nc1cccc(C(=O)O)c1O. The first-order valence-corrected chi connectivity index (χ1v) is 6.94. The summed E-state index contributed by atoms with van der Waals surface area (Å²) in [5.41, 5.74) is 0.341. The van der Waals surface area contributed by atoms with Crippen molar-refractivity contribution in [2.75, 3.05) is 10.6 Å². The molecule has 2 rings (SSSR count). The maximum absolute atomic E-state index is 11.8. The molecule has 6 nitrogen and oxygen atoms in total. The minimum Gasteiger partial charge on any atom is -0.505 e. The van der Waals surface area contributed by atoms with Crippen LogP contribution in [0.4, 0.5) is 16.2 Å². The number of phenols is 1. The number of anilines is 2. The van der Waals surface area contributed by atoms with Gasteiger partial charge in [0.05, 0.1) is 5.69 Å². The highest BCUT2D eigenvalue weighted by atomic mass is 127. The molecule has 0 bridgehead atoms. The molecule has 7 heteroatoms. The molecule has 21 heavy (non-hydrogen) atoms. The predicted octanol–water partition coefficient (Wildman–Crippen LogP) is 3.34. The molecule has 2 amide bonds. The summed E-state index contributed by atoms with van der Waals surface area (Å²) < 4.78 is 0.959. The van der Waals surface area contributed by atoms with E-state index >= 15 is 0 Å². The van der Waals surface area contributed by atoms with Crippen molar-refractivity contribution in [1.29, 1.82) is 0 Å². The lowest BCUT2D eigenvalue weighted by Crippen LogP contribution is -2.19. The van der Waals surface area contributed by atoms with Crippen LogP contribution in [0.25, 0.3) is 0 Å². The second kappa shape index (κ2) is 6.44. The van der Waals surface area contributed by atoms with E-state index in [0.29, 0.717) is 5.69 Å². The maximum atomic E-state index is 11.8. The number of carboxylic acid groups (broad SMARTS) is 1. The molecule has 108 valence electrons. The molecule has 0 spiro atoms. The number of hydrogen-bond acceptors (Lipinski definition) is 3. The number of rotatable bonds is 3. The van der Waals surface area contributed by atoms with Crippen LogP contribution in [0.3, 0.4) is 0 Å². The first-order valence-electron chi connectivity index (χ1n) is 5.86. The quantitative estimate of drug-likeness (QED) is 0.471. The molecule has 2 aromatic rings. The van der Waals surface area contributed by atoms with Gasteiger partial charge in [0, 0.05) is 9.26 Å². The molecule has 0 fully saturated rings. The van der Waals surface area contributed by atoms with Crippen LogP contribution in [-0.4, -0.2) is 22.2 Å². The Morgan fingerprint density at radius 2 is 1.76 bits per heavy atom. The number of urea groups is 1. The summed E-state index contributed by atoms with van der Waals surface area (Å²) >= 11 is 2.12. The number of hydrogen-bond donors (Lipinski definition) is 4. The molecule has 0 aromatic heterocycles. The summed E-state index contributed by atoms with van der Waals surface area (Å²) in [6.07, 6.45) is 0. The van der Waals surface area contributed by atoms with Crippen molar-refractivity contribution >= 4 is 46.0 Å². The molecule has 2 aromatic carbocycles. The third-order valence-electron chi connectivity index (χ3n) is 2.60. The second-order valence-corrected chi connectivity index (χ2v) is 5.34. The summed E-state index contributed by atoms with van der Waals surface area (Å²) in [4.78, 5) is 22.7. The third-order valence-corrected chi connectivity index (χ3v) is 3.27. The Hall–Kier alpha value is -2.29. The number of amides is 2. The van der Waals surface area contributed by atoms with Crippen molar-refractivity contribution in [3.8, 4) is 5.75 Å². The number of carbonyl (C=O) groups excluding carboxylic acids is 1. The van der Waals surface area contributed by atoms with Gasteiger partial charge < -0.3 is 20.8 Å². The van der Waals surface area contributed by atoms with E-state index in [4.69, 9.17) is 5.11 Å². The lowest BCUT2D eigenvalue weighted by atomic mass is 10.1. The maximum Gasteiger partial charge on any atom is 0.339 e. The van der Waals surface area contributed by atoms with Gasteiger partial charge in [0.1, 0.15) is 5.56 Å². The van der Waals surface area contributed by atoms with E-state index in [1.54, 1.807) is 18.2 Å². The van der Waals surface area contributed by atoms with Gasteiger partial charge in [-0.2, -0.15) is 0 Å². The van der Waals surface area contributed by atoms with Crippen molar-refractivity contribution in [3.05, 3.63) is 51.6 Å². The highest BCUT2D eigenvalue weighted by Gasteiger charge is 2.14. The van der Waals surface area contributed by atoms with Gasteiger partial charge in [-0.3, -0.25) is 0 Å². The summed E-state index contributed by atoms with van der Waals surface area (Å²) in [6, 6.07) is 10.7. The van der Waals surface area contributed by atoms with Crippen molar-refractivity contribution in [3.63, 3.8) is 0 Å². The topological polar surface area (TPSA) is 98.7 Å². The predicted molar refractivity (Wildman–Crippen MR) is 86.9 cm³/mol. The highest BCUT2D eigenvalue weighted by molar-refractivity contribution is 14.1. The van der Waals surface area contributed by atoms with E-state index in [-0.39, 0.29) is 11.3 Å². The Kier molecular flexibility index (Phi) is 4.63. The van der Waals surface area contributed by atoms with Gasteiger partial charge in [-0.05, 0) is 52.9 Å². The van der Waals surface area contributed by atoms with Crippen LogP contribution in [0.1, 0.15) is 10.4 Å². The Morgan fingerprint density at radius 3 is 2.43 bits per heavy atom. The second-order valence-electron chi connectivity index (χ2n) is 4.10. The molecule has 0 radical (unpaired) electrons. The van der Waals surface area contributed by atoms with Gasteiger partial charge in [0.15, 0.2) is 5.75 Å².